The molecule has 1 unspecified atom stereocenters. The third-order valence-corrected chi connectivity index (χ3v) is 7.11. The van der Waals surface area contributed by atoms with E-state index in [4.69, 9.17) is 31.7 Å². The molecule has 3 aliphatic rings. The van der Waals surface area contributed by atoms with Gasteiger partial charge in [-0.15, -0.1) is 0 Å². The van der Waals surface area contributed by atoms with Gasteiger partial charge in [0.2, 0.25) is 6.29 Å². The molecule has 2 aromatic carbocycles. The first-order valence-corrected chi connectivity index (χ1v) is 13.2. The predicted octanol–water partition coefficient (Wildman–Crippen LogP) is 4.46. The lowest BCUT2D eigenvalue weighted by atomic mass is 10.1. The second-order valence-corrected chi connectivity index (χ2v) is 11.0. The molecule has 1 aliphatic carbocycles. The van der Waals surface area contributed by atoms with Gasteiger partial charge >= 0.3 is 12.1 Å². The molecule has 0 spiro atoms. The van der Waals surface area contributed by atoms with Crippen LogP contribution in [0.1, 0.15) is 32.3 Å². The molecule has 2 saturated heterocycles. The molecule has 2 aromatic rings. The highest BCUT2D eigenvalue weighted by Crippen LogP contribution is 2.30. The minimum atomic E-state index is -0.919. The van der Waals surface area contributed by atoms with E-state index in [-0.39, 0.29) is 19.0 Å². The number of hydrogen-bond donors (Lipinski definition) is 2. The Labute approximate surface area is 227 Å². The number of rotatable bonds is 9. The molecule has 11 heteroatoms. The van der Waals surface area contributed by atoms with E-state index in [0.29, 0.717) is 36.4 Å². The number of carbonyl (C=O) groups is 2. The Hall–Kier alpha value is -3.05. The SMILES string of the molecule is CC1(C)OCC(CN2C(=O)N(N)C(Nc3ccc(OCC4CC4)cc3)N(Cc3ccc(Cl)cc3)C2=O)CO1. The molecule has 5 rings (SSSR count). The fourth-order valence-corrected chi connectivity index (χ4v) is 4.49. The third-order valence-electron chi connectivity index (χ3n) is 6.86. The summed E-state index contributed by atoms with van der Waals surface area (Å²) in [6, 6.07) is 13.5. The van der Waals surface area contributed by atoms with Gasteiger partial charge in [-0.2, -0.15) is 0 Å². The molecule has 0 bridgehead atoms. The highest BCUT2D eigenvalue weighted by Gasteiger charge is 2.44. The predicted molar refractivity (Wildman–Crippen MR) is 142 cm³/mol. The van der Waals surface area contributed by atoms with Crippen molar-refractivity contribution >= 4 is 29.4 Å². The zero-order valence-electron chi connectivity index (χ0n) is 21.6. The molecule has 204 valence electrons. The number of nitrogens with zero attached hydrogens (tertiary/aromatic N) is 3. The fraction of sp³-hybridized carbons (Fsp3) is 0.481. The number of amides is 4. The van der Waals surface area contributed by atoms with Gasteiger partial charge in [-0.3, -0.25) is 4.90 Å². The maximum Gasteiger partial charge on any atom is 0.345 e. The van der Waals surface area contributed by atoms with Crippen LogP contribution in [0.4, 0.5) is 15.3 Å². The smallest absolute Gasteiger partial charge is 0.345 e. The molecule has 0 aromatic heterocycles. The zero-order valence-corrected chi connectivity index (χ0v) is 22.4. The summed E-state index contributed by atoms with van der Waals surface area (Å²) in [6.45, 7) is 5.44. The highest BCUT2D eigenvalue weighted by atomic mass is 35.5. The van der Waals surface area contributed by atoms with Crippen molar-refractivity contribution in [2.75, 3.05) is 31.7 Å². The van der Waals surface area contributed by atoms with Gasteiger partial charge in [-0.1, -0.05) is 23.7 Å². The second-order valence-electron chi connectivity index (χ2n) is 10.5. The van der Waals surface area contributed by atoms with Crippen molar-refractivity contribution in [1.29, 1.82) is 0 Å². The van der Waals surface area contributed by atoms with E-state index in [2.05, 4.69) is 5.32 Å². The number of ether oxygens (including phenoxy) is 3. The molecular formula is C27H34ClN5O5. The summed E-state index contributed by atoms with van der Waals surface area (Å²) in [6.07, 6.45) is 1.52. The van der Waals surface area contributed by atoms with Gasteiger partial charge < -0.3 is 19.5 Å². The highest BCUT2D eigenvalue weighted by molar-refractivity contribution is 6.30. The summed E-state index contributed by atoms with van der Waals surface area (Å²) in [5.74, 6) is 6.89. The van der Waals surface area contributed by atoms with Crippen molar-refractivity contribution in [3.8, 4) is 5.75 Å². The topological polar surface area (TPSA) is 110 Å². The molecule has 1 saturated carbocycles. The average molecular weight is 544 g/mol. The summed E-state index contributed by atoms with van der Waals surface area (Å²) in [4.78, 5) is 29.7. The molecule has 3 N–H and O–H groups in total. The Morgan fingerprint density at radius 1 is 1.00 bits per heavy atom. The quantitative estimate of drug-likeness (QED) is 0.355. The van der Waals surface area contributed by atoms with Crippen LogP contribution in [0, 0.1) is 11.8 Å². The van der Waals surface area contributed by atoms with Crippen LogP contribution >= 0.6 is 11.6 Å². The summed E-state index contributed by atoms with van der Waals surface area (Å²) < 4.78 is 17.3. The van der Waals surface area contributed by atoms with Crippen LogP contribution in [-0.2, 0) is 16.0 Å². The zero-order chi connectivity index (χ0) is 26.9. The fourth-order valence-electron chi connectivity index (χ4n) is 4.37. The maximum atomic E-state index is 13.7. The standard InChI is InChI=1S/C27H34ClN5O5/c1-27(2)37-16-20(17-38-27)14-32-25(34)31(13-18-5-7-21(28)8-6-18)24(33(29)26(32)35)30-22-9-11-23(12-10-22)36-15-19-3-4-19/h5-12,19-20,24,30H,3-4,13-17,29H2,1-2H3. The van der Waals surface area contributed by atoms with Crippen LogP contribution in [0.5, 0.6) is 5.75 Å². The number of carbonyl (C=O) groups excluding carboxylic acids is 2. The Morgan fingerprint density at radius 3 is 2.29 bits per heavy atom. The monoisotopic (exact) mass is 543 g/mol. The molecule has 2 heterocycles. The van der Waals surface area contributed by atoms with Gasteiger partial charge in [0.1, 0.15) is 5.75 Å². The van der Waals surface area contributed by atoms with E-state index in [0.717, 1.165) is 21.2 Å². The van der Waals surface area contributed by atoms with Crippen LogP contribution in [0.3, 0.4) is 0 Å². The van der Waals surface area contributed by atoms with Crippen molar-refractivity contribution in [3.05, 3.63) is 59.1 Å². The minimum absolute atomic E-state index is 0.123. The normalized spacial score (nSPS) is 22.1. The van der Waals surface area contributed by atoms with Crippen molar-refractivity contribution in [1.82, 2.24) is 14.8 Å². The molecule has 10 nitrogen and oxygen atoms in total. The van der Waals surface area contributed by atoms with Gasteiger partial charge in [0.25, 0.3) is 0 Å². The maximum absolute atomic E-state index is 13.7. The Balaban J connectivity index is 1.33. The van der Waals surface area contributed by atoms with E-state index in [1.165, 1.54) is 17.7 Å². The third kappa shape index (κ3) is 6.32. The number of nitrogens with one attached hydrogen (secondary N) is 1. The lowest BCUT2D eigenvalue weighted by molar-refractivity contribution is -0.262. The van der Waals surface area contributed by atoms with Crippen molar-refractivity contribution in [3.63, 3.8) is 0 Å². The number of urea groups is 2. The van der Waals surface area contributed by atoms with Crippen LogP contribution in [0.2, 0.25) is 5.02 Å². The van der Waals surface area contributed by atoms with Crippen molar-refractivity contribution in [2.45, 2.75) is 45.3 Å². The number of imide groups is 1. The van der Waals surface area contributed by atoms with Crippen LogP contribution < -0.4 is 15.9 Å². The second kappa shape index (κ2) is 11.0. The van der Waals surface area contributed by atoms with Crippen molar-refractivity contribution < 1.29 is 23.8 Å². The van der Waals surface area contributed by atoms with E-state index in [9.17, 15) is 9.59 Å². The average Bonchev–Trinajstić information content (AvgIpc) is 3.73. The Kier molecular flexibility index (Phi) is 7.67. The van der Waals surface area contributed by atoms with Crippen LogP contribution in [0.15, 0.2) is 48.5 Å². The molecular weight excluding hydrogens is 510 g/mol. The lowest BCUT2D eigenvalue weighted by Gasteiger charge is -2.46. The number of anilines is 1. The Morgan fingerprint density at radius 2 is 1.66 bits per heavy atom. The summed E-state index contributed by atoms with van der Waals surface area (Å²) in [5.41, 5.74) is 1.53. The first kappa shape index (κ1) is 26.6. The first-order chi connectivity index (χ1) is 18.2. The molecule has 3 fully saturated rings. The number of benzene rings is 2. The molecule has 2 aliphatic heterocycles. The largest absolute Gasteiger partial charge is 0.493 e. The van der Waals surface area contributed by atoms with E-state index < -0.39 is 24.1 Å². The molecule has 38 heavy (non-hydrogen) atoms. The Bertz CT molecular complexity index is 1130. The van der Waals surface area contributed by atoms with Gasteiger partial charge in [0.15, 0.2) is 5.79 Å². The summed E-state index contributed by atoms with van der Waals surface area (Å²) in [5, 5.41) is 4.88. The van der Waals surface area contributed by atoms with Crippen LogP contribution in [0.25, 0.3) is 0 Å². The van der Waals surface area contributed by atoms with E-state index in [1.807, 2.05) is 50.2 Å². The lowest BCUT2D eigenvalue weighted by Crippen LogP contribution is -2.70. The number of nitrogens with two attached hydrogens (primary N) is 1. The summed E-state index contributed by atoms with van der Waals surface area (Å²) in [7, 11) is 0. The molecule has 1 atom stereocenters. The van der Waals surface area contributed by atoms with Gasteiger partial charge in [-0.25, -0.2) is 25.3 Å². The number of halogens is 1. The summed E-state index contributed by atoms with van der Waals surface area (Å²) >= 11 is 6.06. The van der Waals surface area contributed by atoms with E-state index in [1.54, 1.807) is 12.1 Å². The minimum Gasteiger partial charge on any atom is -0.493 e. The molecule has 0 radical (unpaired) electrons. The van der Waals surface area contributed by atoms with Crippen molar-refractivity contribution in [2.24, 2.45) is 17.7 Å². The van der Waals surface area contributed by atoms with Gasteiger partial charge in [0, 0.05) is 23.2 Å². The number of hydrazine groups is 1. The van der Waals surface area contributed by atoms with Gasteiger partial charge in [0.05, 0.1) is 26.4 Å². The van der Waals surface area contributed by atoms with Crippen LogP contribution in [-0.4, -0.2) is 65.3 Å². The number of hydrogen-bond acceptors (Lipinski definition) is 7. The van der Waals surface area contributed by atoms with E-state index >= 15 is 0 Å². The van der Waals surface area contributed by atoms with Gasteiger partial charge in [-0.05, 0) is 74.6 Å². The molecule has 4 amide bonds. The first-order valence-electron chi connectivity index (χ1n) is 12.9.